The van der Waals surface area contributed by atoms with Crippen LogP contribution in [0.15, 0.2) is 83.5 Å². The molecule has 2 aromatic carbocycles. The normalized spacial score (nSPS) is 21.0. The van der Waals surface area contributed by atoms with E-state index < -0.39 is 66.2 Å². The Morgan fingerprint density at radius 3 is 2.47 bits per heavy atom. The summed E-state index contributed by atoms with van der Waals surface area (Å²) in [5.74, 6) is -6.45. The molecule has 0 unspecified atom stereocenters. The quantitative estimate of drug-likeness (QED) is 0.144. The van der Waals surface area contributed by atoms with E-state index in [-0.39, 0.29) is 39.1 Å². The van der Waals surface area contributed by atoms with Gasteiger partial charge in [-0.1, -0.05) is 48.5 Å². The predicted octanol–water partition coefficient (Wildman–Crippen LogP) is 4.58. The molecule has 4 aromatic rings. The van der Waals surface area contributed by atoms with Gasteiger partial charge in [-0.25, -0.2) is 0 Å². The molecule has 2 aliphatic heterocycles. The number of ether oxygens (including phenoxy) is 1. The van der Waals surface area contributed by atoms with Crippen molar-refractivity contribution in [3.63, 3.8) is 0 Å². The van der Waals surface area contributed by atoms with Crippen molar-refractivity contribution in [1.82, 2.24) is 25.4 Å². The van der Waals surface area contributed by atoms with Gasteiger partial charge in [0.2, 0.25) is 11.8 Å². The third-order valence-electron chi connectivity index (χ3n) is 10.4. The second-order valence-corrected chi connectivity index (χ2v) is 14.6. The molecule has 4 heterocycles. The van der Waals surface area contributed by atoms with Gasteiger partial charge in [-0.15, -0.1) is 0 Å². The number of β-amino-alcohol motifs (C(OH)–C–C–N with tert-alkyl or cyclic N) is 1. The first-order valence-corrected chi connectivity index (χ1v) is 18.0. The summed E-state index contributed by atoms with van der Waals surface area (Å²) < 4.78 is 78.7. The molecule has 2 amide bonds. The zero-order chi connectivity index (χ0) is 39.5. The first-order chi connectivity index (χ1) is 26.0. The number of halogens is 5. The topological polar surface area (TPSA) is 140 Å². The molecule has 1 fully saturated rings. The fourth-order valence-electron chi connectivity index (χ4n) is 7.20. The number of benzene rings is 2. The Labute approximate surface area is 314 Å². The van der Waals surface area contributed by atoms with Crippen LogP contribution in [0, 0.1) is 5.92 Å². The molecule has 0 bridgehead atoms. The molecule has 0 radical (unpaired) electrons. The molecule has 5 atom stereocenters. The molecule has 2 aromatic heterocycles. The minimum atomic E-state index is -5.87. The van der Waals surface area contributed by atoms with Crippen molar-refractivity contribution < 1.29 is 50.9 Å². The number of piperazine rings is 1. The number of aliphatic hydroxyl groups is 2. The predicted molar refractivity (Wildman–Crippen MR) is 191 cm³/mol. The molecule has 4 N–H and O–H groups in total. The Kier molecular flexibility index (Phi) is 11.8. The summed E-state index contributed by atoms with van der Waals surface area (Å²) in [6.45, 7) is 1.83. The van der Waals surface area contributed by atoms with E-state index in [0.29, 0.717) is 29.2 Å². The summed E-state index contributed by atoms with van der Waals surface area (Å²) in [5, 5.41) is 27.8. The number of aliphatic hydroxyl groups excluding tert-OH is 2. The van der Waals surface area contributed by atoms with Crippen LogP contribution in [0.5, 0.6) is 5.75 Å². The summed E-state index contributed by atoms with van der Waals surface area (Å²) in [7, 11) is 0. The monoisotopic (exact) mass is 773 g/mol. The summed E-state index contributed by atoms with van der Waals surface area (Å²) in [4.78, 5) is 35.0. The van der Waals surface area contributed by atoms with Crippen LogP contribution in [-0.4, -0.2) is 106 Å². The van der Waals surface area contributed by atoms with E-state index >= 15 is 0 Å². The highest BCUT2D eigenvalue weighted by atomic mass is 19.4. The lowest BCUT2D eigenvalue weighted by Gasteiger charge is -2.47. The van der Waals surface area contributed by atoms with Gasteiger partial charge in [0.15, 0.2) is 0 Å². The van der Waals surface area contributed by atoms with Crippen LogP contribution in [0.1, 0.15) is 43.2 Å². The third kappa shape index (κ3) is 9.09. The van der Waals surface area contributed by atoms with Crippen LogP contribution < -0.4 is 15.4 Å². The Hall–Kier alpha value is -4.64. The van der Waals surface area contributed by atoms with Crippen LogP contribution in [0.2, 0.25) is 0 Å². The first-order valence-electron chi connectivity index (χ1n) is 18.0. The lowest BCUT2D eigenvalue weighted by Crippen LogP contribution is -2.64. The minimum absolute atomic E-state index is 0.0391. The fraction of sp³-hybridized carbons (Fsp3) is 0.462. The van der Waals surface area contributed by atoms with Gasteiger partial charge in [0, 0.05) is 55.4 Å². The van der Waals surface area contributed by atoms with E-state index in [2.05, 4.69) is 10.3 Å². The van der Waals surface area contributed by atoms with E-state index in [0.717, 1.165) is 10.9 Å². The number of pyridine rings is 1. The van der Waals surface area contributed by atoms with Gasteiger partial charge >= 0.3 is 12.1 Å². The highest BCUT2D eigenvalue weighted by Gasteiger charge is 2.57. The number of alkyl halides is 5. The molecule has 11 nitrogen and oxygen atoms in total. The number of amides is 2. The summed E-state index contributed by atoms with van der Waals surface area (Å²) in [5.41, 5.74) is 1.12. The van der Waals surface area contributed by atoms with Gasteiger partial charge in [0.05, 0.1) is 24.2 Å². The van der Waals surface area contributed by atoms with Crippen molar-refractivity contribution in [3.8, 4) is 5.75 Å². The van der Waals surface area contributed by atoms with Crippen molar-refractivity contribution in [2.45, 2.75) is 68.6 Å². The second-order valence-electron chi connectivity index (χ2n) is 14.6. The molecule has 16 heteroatoms. The second kappa shape index (κ2) is 16.2. The lowest BCUT2D eigenvalue weighted by molar-refractivity contribution is -0.278. The fourth-order valence-corrected chi connectivity index (χ4v) is 7.20. The molecular formula is C39H44F5N5O6. The summed E-state index contributed by atoms with van der Waals surface area (Å²) in [6, 6.07) is 17.6. The van der Waals surface area contributed by atoms with Crippen molar-refractivity contribution in [1.29, 1.82) is 0 Å². The minimum Gasteiger partial charge on any atom is -0.490 e. The van der Waals surface area contributed by atoms with Crippen LogP contribution in [0.4, 0.5) is 22.0 Å². The van der Waals surface area contributed by atoms with Gasteiger partial charge in [-0.05, 0) is 50.5 Å². The molecule has 1 saturated heterocycles. The van der Waals surface area contributed by atoms with Crippen molar-refractivity contribution >= 4 is 22.8 Å². The Balaban J connectivity index is 1.21. The number of carbonyl (C=O) groups excluding carboxylic acids is 2. The molecule has 0 saturated carbocycles. The van der Waals surface area contributed by atoms with Gasteiger partial charge in [0.25, 0.3) is 0 Å². The van der Waals surface area contributed by atoms with Gasteiger partial charge in [0.1, 0.15) is 35.8 Å². The average Bonchev–Trinajstić information content (AvgIpc) is 3.60. The number of para-hydroxylation sites is 1. The number of nitrogens with zero attached hydrogens (tertiary/aromatic N) is 3. The average molecular weight is 774 g/mol. The highest BCUT2D eigenvalue weighted by Crippen LogP contribution is 2.37. The van der Waals surface area contributed by atoms with E-state index in [1.807, 2.05) is 49.1 Å². The van der Waals surface area contributed by atoms with E-state index in [1.165, 1.54) is 4.90 Å². The zero-order valence-corrected chi connectivity index (χ0v) is 30.3. The zero-order valence-electron chi connectivity index (χ0n) is 30.3. The van der Waals surface area contributed by atoms with Gasteiger partial charge < -0.3 is 30.0 Å². The third-order valence-corrected chi connectivity index (χ3v) is 10.4. The maximum atomic E-state index is 14.0. The molecule has 0 spiro atoms. The van der Waals surface area contributed by atoms with Crippen LogP contribution in [-0.2, 0) is 21.5 Å². The SMILES string of the molecule is CC(C)(c1cc2cnccc2o1)N1CCN(C[C@@H](O)C[C@@H](Cc2ccccc2)C(=O)N[C@H]2c3ccccc3OC[C@H]2O)[C@H](C(=O)NCC(F)(F)C(F)(F)F)C1. The number of nitrogens with one attached hydrogen (secondary N) is 2. The molecule has 0 aliphatic carbocycles. The van der Waals surface area contributed by atoms with Crippen molar-refractivity contribution in [2.75, 3.05) is 39.3 Å². The van der Waals surface area contributed by atoms with Crippen LogP contribution >= 0.6 is 0 Å². The smallest absolute Gasteiger partial charge is 0.455 e. The van der Waals surface area contributed by atoms with Gasteiger partial charge in [-0.2, -0.15) is 22.0 Å². The summed E-state index contributed by atoms with van der Waals surface area (Å²) in [6.07, 6.45) is -4.82. The molecule has 6 rings (SSSR count). The number of fused-ring (bicyclic) bond motifs is 2. The Morgan fingerprint density at radius 1 is 1.02 bits per heavy atom. The standard InChI is InChI=1S/C39H44F5N5O6/c1-37(2,33-18-26-19-45-13-12-31(26)55-33)49-15-14-48(29(21-49)36(53)46-23-38(40,41)39(42,43)44)20-27(50)17-25(16-24-8-4-3-5-9-24)35(52)47-34-28-10-6-7-11-32(28)54-22-30(34)51/h3-13,18-19,25,27,29-30,34,50-51H,14-17,20-23H2,1-2H3,(H,46,53)(H,47,52)/t25-,27+,29+,30-,34+/m1/s1. The lowest BCUT2D eigenvalue weighted by atomic mass is 9.90. The van der Waals surface area contributed by atoms with E-state index in [9.17, 15) is 41.8 Å². The number of aromatic nitrogens is 1. The molecule has 2 aliphatic rings. The Bertz CT molecular complexity index is 1910. The summed E-state index contributed by atoms with van der Waals surface area (Å²) >= 11 is 0. The largest absolute Gasteiger partial charge is 0.490 e. The number of hydrogen-bond acceptors (Lipinski definition) is 9. The maximum absolute atomic E-state index is 14.0. The number of carbonyl (C=O) groups is 2. The first kappa shape index (κ1) is 40.0. The number of hydrogen-bond donors (Lipinski definition) is 4. The van der Waals surface area contributed by atoms with Crippen LogP contribution in [0.25, 0.3) is 11.0 Å². The number of furan rings is 1. The highest BCUT2D eigenvalue weighted by molar-refractivity contribution is 5.82. The van der Waals surface area contributed by atoms with Crippen molar-refractivity contribution in [3.05, 3.63) is 96.0 Å². The van der Waals surface area contributed by atoms with Crippen LogP contribution in [0.3, 0.4) is 0 Å². The maximum Gasteiger partial charge on any atom is 0.455 e. The Morgan fingerprint density at radius 2 is 1.75 bits per heavy atom. The molecular weight excluding hydrogens is 729 g/mol. The number of rotatable bonds is 13. The van der Waals surface area contributed by atoms with E-state index in [4.69, 9.17) is 9.15 Å². The van der Waals surface area contributed by atoms with Gasteiger partial charge in [-0.3, -0.25) is 24.4 Å². The van der Waals surface area contributed by atoms with E-state index in [1.54, 1.807) is 54.1 Å². The van der Waals surface area contributed by atoms with Crippen molar-refractivity contribution in [2.24, 2.45) is 5.92 Å². The molecule has 296 valence electrons. The molecule has 55 heavy (non-hydrogen) atoms.